The summed E-state index contributed by atoms with van der Waals surface area (Å²) in [6.45, 7) is 3.98. The number of piperidine rings is 1. The molecule has 0 saturated carbocycles. The molecule has 3 aliphatic rings. The fourth-order valence-electron chi connectivity index (χ4n) is 2.39. The predicted octanol–water partition coefficient (Wildman–Crippen LogP) is 0.915. The van der Waals surface area contributed by atoms with Crippen LogP contribution in [0.3, 0.4) is 0 Å². The molecule has 3 aliphatic heterocycles. The quantitative estimate of drug-likeness (QED) is 0.677. The van der Waals surface area contributed by atoms with Gasteiger partial charge in [-0.1, -0.05) is 12.2 Å². The number of nitrogens with zero attached hydrogens (tertiary/aromatic N) is 1. The Kier molecular flexibility index (Phi) is 2.87. The minimum Gasteiger partial charge on any atom is -0.334 e. The lowest BCUT2D eigenvalue weighted by Crippen LogP contribution is -2.69. The van der Waals surface area contributed by atoms with E-state index in [2.05, 4.69) is 16.3 Å². The largest absolute Gasteiger partial charge is 0.334 e. The van der Waals surface area contributed by atoms with Crippen molar-refractivity contribution in [2.75, 3.05) is 13.1 Å². The van der Waals surface area contributed by atoms with E-state index in [0.29, 0.717) is 24.4 Å². The van der Waals surface area contributed by atoms with Crippen molar-refractivity contribution in [2.24, 2.45) is 0 Å². The Morgan fingerprint density at radius 1 is 1.50 bits per heavy atom. The Bertz CT molecular complexity index is 236. The third-order valence-corrected chi connectivity index (χ3v) is 3.14. The van der Waals surface area contributed by atoms with Crippen LogP contribution in [0.5, 0.6) is 0 Å². The van der Waals surface area contributed by atoms with E-state index < -0.39 is 0 Å². The molecule has 1 amide bonds. The fraction of sp³-hybridized carbons (Fsp3) is 0.727. The highest BCUT2D eigenvalue weighted by atomic mass is 16.2. The molecule has 0 aromatic heterocycles. The third kappa shape index (κ3) is 1.69. The van der Waals surface area contributed by atoms with Crippen LogP contribution in [0, 0.1) is 0 Å². The summed E-state index contributed by atoms with van der Waals surface area (Å²) in [6.07, 6.45) is 6.84. The Hall–Kier alpha value is -0.830. The van der Waals surface area contributed by atoms with Gasteiger partial charge in [-0.2, -0.15) is 0 Å². The molecule has 3 fully saturated rings. The SMILES string of the molecule is C/C=C/CCC(=O)N1C2CNCC1C2. The van der Waals surface area contributed by atoms with E-state index in [9.17, 15) is 4.79 Å². The van der Waals surface area contributed by atoms with Crippen LogP contribution in [-0.4, -0.2) is 36.0 Å². The van der Waals surface area contributed by atoms with E-state index in [0.717, 1.165) is 19.5 Å². The van der Waals surface area contributed by atoms with Gasteiger partial charge < -0.3 is 10.2 Å². The van der Waals surface area contributed by atoms with E-state index in [4.69, 9.17) is 0 Å². The highest BCUT2D eigenvalue weighted by Gasteiger charge is 2.43. The molecule has 3 heterocycles. The molecular weight excluding hydrogens is 176 g/mol. The van der Waals surface area contributed by atoms with Gasteiger partial charge in [-0.15, -0.1) is 0 Å². The van der Waals surface area contributed by atoms with Crippen LogP contribution < -0.4 is 5.32 Å². The number of allylic oxidation sites excluding steroid dienone is 2. The van der Waals surface area contributed by atoms with Gasteiger partial charge >= 0.3 is 0 Å². The molecule has 14 heavy (non-hydrogen) atoms. The first-order valence-corrected chi connectivity index (χ1v) is 5.46. The number of rotatable bonds is 3. The van der Waals surface area contributed by atoms with Gasteiger partial charge in [0, 0.05) is 31.6 Å². The molecule has 2 unspecified atom stereocenters. The molecular formula is C11H18N2O. The number of carbonyl (C=O) groups is 1. The third-order valence-electron chi connectivity index (χ3n) is 3.14. The maximum absolute atomic E-state index is 11.8. The average molecular weight is 194 g/mol. The number of fused-ring (bicyclic) bond motifs is 2. The first-order valence-electron chi connectivity index (χ1n) is 5.46. The van der Waals surface area contributed by atoms with E-state index in [1.54, 1.807) is 0 Å². The van der Waals surface area contributed by atoms with Crippen LogP contribution in [0.15, 0.2) is 12.2 Å². The zero-order valence-electron chi connectivity index (χ0n) is 8.70. The van der Waals surface area contributed by atoms with Crippen LogP contribution in [0.2, 0.25) is 0 Å². The van der Waals surface area contributed by atoms with Crippen molar-refractivity contribution in [1.29, 1.82) is 0 Å². The molecule has 2 atom stereocenters. The van der Waals surface area contributed by atoms with Crippen molar-refractivity contribution in [3.05, 3.63) is 12.2 Å². The minimum atomic E-state index is 0.339. The van der Waals surface area contributed by atoms with Crippen LogP contribution in [0.4, 0.5) is 0 Å². The standard InChI is InChI=1S/C11H18N2O/c1-2-3-4-5-11(14)13-9-6-10(13)8-12-7-9/h2-3,9-10,12H,4-8H2,1H3/b3-2+. The molecule has 3 saturated heterocycles. The normalized spacial score (nSPS) is 30.5. The molecule has 0 aliphatic carbocycles. The van der Waals surface area contributed by atoms with Gasteiger partial charge in [-0.3, -0.25) is 4.79 Å². The molecule has 3 nitrogen and oxygen atoms in total. The smallest absolute Gasteiger partial charge is 0.223 e. The summed E-state index contributed by atoms with van der Waals surface area (Å²) in [7, 11) is 0. The van der Waals surface area contributed by atoms with Crippen molar-refractivity contribution >= 4 is 5.91 Å². The number of nitrogens with one attached hydrogen (secondary N) is 1. The molecule has 3 rings (SSSR count). The minimum absolute atomic E-state index is 0.339. The Morgan fingerprint density at radius 3 is 2.79 bits per heavy atom. The summed E-state index contributed by atoms with van der Waals surface area (Å²) in [5, 5.41) is 3.33. The Labute approximate surface area is 85.2 Å². The number of hydrogen-bond acceptors (Lipinski definition) is 2. The van der Waals surface area contributed by atoms with Crippen molar-refractivity contribution in [3.63, 3.8) is 0 Å². The van der Waals surface area contributed by atoms with Gasteiger partial charge in [0.05, 0.1) is 0 Å². The summed E-state index contributed by atoms with van der Waals surface area (Å²) < 4.78 is 0. The van der Waals surface area contributed by atoms with Gasteiger partial charge in [0.25, 0.3) is 0 Å². The highest BCUT2D eigenvalue weighted by molar-refractivity contribution is 5.78. The molecule has 78 valence electrons. The van der Waals surface area contributed by atoms with Gasteiger partial charge in [0.15, 0.2) is 0 Å². The van der Waals surface area contributed by atoms with Crippen molar-refractivity contribution in [2.45, 2.75) is 38.3 Å². The molecule has 0 spiro atoms. The molecule has 1 N–H and O–H groups in total. The zero-order chi connectivity index (χ0) is 9.97. The molecule has 0 aromatic rings. The topological polar surface area (TPSA) is 32.3 Å². The monoisotopic (exact) mass is 194 g/mol. The lowest BCUT2D eigenvalue weighted by Gasteiger charge is -2.53. The van der Waals surface area contributed by atoms with Crippen LogP contribution in [-0.2, 0) is 4.79 Å². The van der Waals surface area contributed by atoms with Crippen LogP contribution in [0.1, 0.15) is 26.2 Å². The number of hydrogen-bond donors (Lipinski definition) is 1. The lowest BCUT2D eigenvalue weighted by molar-refractivity contribution is -0.147. The van der Waals surface area contributed by atoms with Crippen LogP contribution in [0.25, 0.3) is 0 Å². The molecule has 0 radical (unpaired) electrons. The maximum atomic E-state index is 11.8. The fourth-order valence-corrected chi connectivity index (χ4v) is 2.39. The van der Waals surface area contributed by atoms with Crippen LogP contribution >= 0.6 is 0 Å². The maximum Gasteiger partial charge on any atom is 0.223 e. The summed E-state index contributed by atoms with van der Waals surface area (Å²) in [6, 6.07) is 0.985. The van der Waals surface area contributed by atoms with Gasteiger partial charge in [0.1, 0.15) is 0 Å². The summed E-state index contributed by atoms with van der Waals surface area (Å²) in [5.41, 5.74) is 0. The van der Waals surface area contributed by atoms with Gasteiger partial charge in [-0.05, 0) is 19.8 Å². The van der Waals surface area contributed by atoms with E-state index in [1.165, 1.54) is 6.42 Å². The van der Waals surface area contributed by atoms with Crippen molar-refractivity contribution in [1.82, 2.24) is 10.2 Å². The second kappa shape index (κ2) is 4.13. The molecule has 3 heteroatoms. The average Bonchev–Trinajstić information content (AvgIpc) is 2.19. The summed E-state index contributed by atoms with van der Waals surface area (Å²) >= 11 is 0. The first-order chi connectivity index (χ1) is 6.83. The first kappa shape index (κ1) is 9.71. The number of piperazine rings is 1. The van der Waals surface area contributed by atoms with E-state index in [-0.39, 0.29) is 0 Å². The zero-order valence-corrected chi connectivity index (χ0v) is 8.70. The highest BCUT2D eigenvalue weighted by Crippen LogP contribution is 2.29. The van der Waals surface area contributed by atoms with Crippen molar-refractivity contribution < 1.29 is 4.79 Å². The second-order valence-corrected chi connectivity index (χ2v) is 4.11. The number of amides is 1. The predicted molar refractivity (Wildman–Crippen MR) is 56.0 cm³/mol. The Balaban J connectivity index is 1.81. The van der Waals surface area contributed by atoms with Gasteiger partial charge in [-0.25, -0.2) is 0 Å². The second-order valence-electron chi connectivity index (χ2n) is 4.11. The Morgan fingerprint density at radius 2 is 2.21 bits per heavy atom. The molecule has 0 aromatic carbocycles. The summed E-state index contributed by atoms with van der Waals surface area (Å²) in [4.78, 5) is 13.9. The van der Waals surface area contributed by atoms with Crippen molar-refractivity contribution in [3.8, 4) is 0 Å². The van der Waals surface area contributed by atoms with E-state index in [1.807, 2.05) is 13.0 Å². The van der Waals surface area contributed by atoms with Gasteiger partial charge in [0.2, 0.25) is 5.91 Å². The molecule has 2 bridgehead atoms. The van der Waals surface area contributed by atoms with E-state index >= 15 is 0 Å². The summed E-state index contributed by atoms with van der Waals surface area (Å²) in [5.74, 6) is 0.339. The lowest BCUT2D eigenvalue weighted by atomic mass is 9.88. The number of carbonyl (C=O) groups excluding carboxylic acids is 1.